The third kappa shape index (κ3) is 2.67. The maximum atomic E-state index is 12.8. The summed E-state index contributed by atoms with van der Waals surface area (Å²) in [7, 11) is 0. The zero-order chi connectivity index (χ0) is 16.1. The first kappa shape index (κ1) is 14.9. The Morgan fingerprint density at radius 1 is 1.04 bits per heavy atom. The van der Waals surface area contributed by atoms with Crippen LogP contribution in [0.15, 0.2) is 24.3 Å². The van der Waals surface area contributed by atoms with Gasteiger partial charge in [-0.05, 0) is 73.8 Å². The molecule has 4 aliphatic carbocycles. The molecule has 24 heavy (non-hydrogen) atoms. The first-order valence-electron chi connectivity index (χ1n) is 9.78. The molecule has 1 amide bonds. The lowest BCUT2D eigenvalue weighted by Crippen LogP contribution is -2.61. The van der Waals surface area contributed by atoms with Crippen molar-refractivity contribution >= 4 is 5.91 Å². The van der Waals surface area contributed by atoms with E-state index >= 15 is 0 Å². The van der Waals surface area contributed by atoms with E-state index in [2.05, 4.69) is 34.5 Å². The molecule has 3 heteroatoms. The molecule has 1 aromatic carbocycles. The highest BCUT2D eigenvalue weighted by Crippen LogP contribution is 2.55. The molecule has 4 bridgehead atoms. The summed E-state index contributed by atoms with van der Waals surface area (Å²) in [6.45, 7) is 2.49. The number of fused-ring (bicyclic) bond motifs is 1. The molecular weight excluding hydrogens is 296 g/mol. The van der Waals surface area contributed by atoms with Crippen molar-refractivity contribution in [1.29, 1.82) is 0 Å². The number of carbonyl (C=O) groups is 1. The van der Waals surface area contributed by atoms with E-state index in [0.717, 1.165) is 37.3 Å². The molecule has 0 aromatic heterocycles. The summed E-state index contributed by atoms with van der Waals surface area (Å²) in [5.41, 5.74) is 3.00. The lowest BCUT2D eigenvalue weighted by Gasteiger charge is -2.57. The molecule has 128 valence electrons. The van der Waals surface area contributed by atoms with E-state index in [1.807, 2.05) is 0 Å². The normalized spacial score (nSPS) is 37.2. The Kier molecular flexibility index (Phi) is 3.48. The Balaban J connectivity index is 1.23. The largest absolute Gasteiger partial charge is 0.350 e. The van der Waals surface area contributed by atoms with Crippen LogP contribution in [-0.4, -0.2) is 29.4 Å². The van der Waals surface area contributed by atoms with Crippen LogP contribution in [0.5, 0.6) is 0 Å². The van der Waals surface area contributed by atoms with Crippen LogP contribution < -0.4 is 5.32 Å². The highest BCUT2D eigenvalue weighted by molar-refractivity contribution is 5.79. The molecule has 0 radical (unpaired) electrons. The topological polar surface area (TPSA) is 32.3 Å². The van der Waals surface area contributed by atoms with Gasteiger partial charge in [0.1, 0.15) is 0 Å². The molecule has 0 atom stereocenters. The Bertz CT molecular complexity index is 618. The summed E-state index contributed by atoms with van der Waals surface area (Å²) in [5.74, 6) is 2.92. The third-order valence-corrected chi connectivity index (χ3v) is 7.02. The molecule has 4 fully saturated rings. The van der Waals surface area contributed by atoms with Crippen molar-refractivity contribution in [2.45, 2.75) is 57.0 Å². The Morgan fingerprint density at radius 3 is 2.33 bits per heavy atom. The minimum atomic E-state index is 0.152. The molecule has 1 heterocycles. The van der Waals surface area contributed by atoms with Crippen molar-refractivity contribution in [1.82, 2.24) is 10.2 Å². The molecule has 0 unspecified atom stereocenters. The molecule has 3 nitrogen and oxygen atoms in total. The van der Waals surface area contributed by atoms with Gasteiger partial charge in [-0.2, -0.15) is 0 Å². The van der Waals surface area contributed by atoms with Gasteiger partial charge in [-0.1, -0.05) is 24.3 Å². The molecule has 5 aliphatic rings. The fourth-order valence-electron chi connectivity index (χ4n) is 6.49. The Morgan fingerprint density at radius 2 is 1.67 bits per heavy atom. The summed E-state index contributed by atoms with van der Waals surface area (Å²) in [5, 5.41) is 3.52. The summed E-state index contributed by atoms with van der Waals surface area (Å²) in [4.78, 5) is 15.1. The van der Waals surface area contributed by atoms with Crippen LogP contribution in [0.1, 0.15) is 49.7 Å². The van der Waals surface area contributed by atoms with Gasteiger partial charge in [0.15, 0.2) is 0 Å². The number of amides is 1. The van der Waals surface area contributed by atoms with Crippen LogP contribution >= 0.6 is 0 Å². The quantitative estimate of drug-likeness (QED) is 0.926. The van der Waals surface area contributed by atoms with E-state index in [1.54, 1.807) is 0 Å². The minimum absolute atomic E-state index is 0.152. The van der Waals surface area contributed by atoms with Gasteiger partial charge in [0, 0.05) is 18.6 Å². The number of benzene rings is 1. The molecule has 1 N–H and O–H groups in total. The summed E-state index contributed by atoms with van der Waals surface area (Å²) in [6.07, 6.45) is 9.09. The predicted octanol–water partition coefficient (Wildman–Crippen LogP) is 3.13. The van der Waals surface area contributed by atoms with Crippen LogP contribution in [0.25, 0.3) is 0 Å². The van der Waals surface area contributed by atoms with Gasteiger partial charge in [0.25, 0.3) is 0 Å². The van der Waals surface area contributed by atoms with Crippen LogP contribution in [0.2, 0.25) is 0 Å². The van der Waals surface area contributed by atoms with Gasteiger partial charge in [0.2, 0.25) is 5.91 Å². The summed E-state index contributed by atoms with van der Waals surface area (Å²) < 4.78 is 0. The second-order valence-corrected chi connectivity index (χ2v) is 8.98. The first-order chi connectivity index (χ1) is 11.7. The van der Waals surface area contributed by atoms with Crippen LogP contribution in [0, 0.1) is 17.8 Å². The van der Waals surface area contributed by atoms with Crippen molar-refractivity contribution in [3.8, 4) is 0 Å². The van der Waals surface area contributed by atoms with Crippen molar-refractivity contribution in [3.05, 3.63) is 35.4 Å². The van der Waals surface area contributed by atoms with Crippen LogP contribution in [0.4, 0.5) is 0 Å². The average Bonchev–Trinajstić information content (AvgIpc) is 2.52. The van der Waals surface area contributed by atoms with E-state index in [9.17, 15) is 4.79 Å². The lowest BCUT2D eigenvalue weighted by molar-refractivity contribution is -0.128. The molecule has 4 saturated carbocycles. The molecule has 0 saturated heterocycles. The van der Waals surface area contributed by atoms with Gasteiger partial charge in [-0.25, -0.2) is 0 Å². The van der Waals surface area contributed by atoms with Gasteiger partial charge in [-0.3, -0.25) is 9.69 Å². The number of nitrogens with zero attached hydrogens (tertiary/aromatic N) is 1. The van der Waals surface area contributed by atoms with Gasteiger partial charge < -0.3 is 5.32 Å². The van der Waals surface area contributed by atoms with Crippen molar-refractivity contribution in [2.24, 2.45) is 17.8 Å². The Labute approximate surface area is 144 Å². The molecular formula is C21H28N2O. The number of hydrogen-bond donors (Lipinski definition) is 1. The summed E-state index contributed by atoms with van der Waals surface area (Å²) in [6, 6.07) is 8.66. The minimum Gasteiger partial charge on any atom is -0.350 e. The van der Waals surface area contributed by atoms with Gasteiger partial charge in [-0.15, -0.1) is 0 Å². The van der Waals surface area contributed by atoms with Gasteiger partial charge in [0.05, 0.1) is 6.54 Å². The van der Waals surface area contributed by atoms with Crippen LogP contribution in [0.3, 0.4) is 0 Å². The smallest absolute Gasteiger partial charge is 0.234 e. The second-order valence-electron chi connectivity index (χ2n) is 8.98. The highest BCUT2D eigenvalue weighted by Gasteiger charge is 2.51. The molecule has 0 spiro atoms. The first-order valence-corrected chi connectivity index (χ1v) is 9.78. The van der Waals surface area contributed by atoms with E-state index in [1.165, 1.54) is 49.7 Å². The van der Waals surface area contributed by atoms with E-state index < -0.39 is 0 Å². The number of nitrogens with one attached hydrogen (secondary N) is 1. The maximum Gasteiger partial charge on any atom is 0.234 e. The summed E-state index contributed by atoms with van der Waals surface area (Å²) >= 11 is 0. The Hall–Kier alpha value is -1.35. The second kappa shape index (κ2) is 5.59. The third-order valence-electron chi connectivity index (χ3n) is 7.02. The number of hydrogen-bond acceptors (Lipinski definition) is 2. The standard InChI is InChI=1S/C21H28N2O/c24-20(14-23-6-5-18-3-1-2-4-19(18)13-23)22-21-10-15-7-16(11-21)9-17(8-15)12-21/h1-4,15-17H,5-14H2,(H,22,24). The maximum absolute atomic E-state index is 12.8. The lowest BCUT2D eigenvalue weighted by atomic mass is 9.53. The fraction of sp³-hybridized carbons (Fsp3) is 0.667. The predicted molar refractivity (Wildman–Crippen MR) is 94.5 cm³/mol. The SMILES string of the molecule is O=C(CN1CCc2ccccc2C1)NC12CC3CC(CC(C3)C1)C2. The number of carbonyl (C=O) groups excluding carboxylic acids is 1. The van der Waals surface area contributed by atoms with Crippen LogP contribution in [-0.2, 0) is 17.8 Å². The number of rotatable bonds is 3. The molecule has 1 aliphatic heterocycles. The molecule has 1 aromatic rings. The average molecular weight is 324 g/mol. The highest BCUT2D eigenvalue weighted by atomic mass is 16.2. The van der Waals surface area contributed by atoms with E-state index in [0.29, 0.717) is 6.54 Å². The van der Waals surface area contributed by atoms with Crippen molar-refractivity contribution in [3.63, 3.8) is 0 Å². The van der Waals surface area contributed by atoms with Gasteiger partial charge >= 0.3 is 0 Å². The van der Waals surface area contributed by atoms with E-state index in [-0.39, 0.29) is 11.4 Å². The molecule has 6 rings (SSSR count). The van der Waals surface area contributed by atoms with Crippen molar-refractivity contribution in [2.75, 3.05) is 13.1 Å². The van der Waals surface area contributed by atoms with Crippen molar-refractivity contribution < 1.29 is 4.79 Å². The van der Waals surface area contributed by atoms with E-state index in [4.69, 9.17) is 0 Å². The zero-order valence-corrected chi connectivity index (χ0v) is 14.5. The monoisotopic (exact) mass is 324 g/mol. The zero-order valence-electron chi connectivity index (χ0n) is 14.5. The fourth-order valence-corrected chi connectivity index (χ4v) is 6.49.